The average molecular weight is 354 g/mol. The highest BCUT2D eigenvalue weighted by atomic mass is 79.9. The maximum Gasteiger partial charge on any atom is 0.227 e. The van der Waals surface area contributed by atoms with Crippen molar-refractivity contribution in [1.82, 2.24) is 9.97 Å². The van der Waals surface area contributed by atoms with Gasteiger partial charge in [-0.05, 0) is 25.0 Å². The highest BCUT2D eigenvalue weighted by Gasteiger charge is 2.17. The van der Waals surface area contributed by atoms with Gasteiger partial charge in [-0.15, -0.1) is 0 Å². The van der Waals surface area contributed by atoms with Gasteiger partial charge in [0, 0.05) is 17.1 Å². The molecule has 0 amide bonds. The van der Waals surface area contributed by atoms with Crippen LogP contribution in [0, 0.1) is 5.82 Å². The van der Waals surface area contributed by atoms with Gasteiger partial charge in [0.2, 0.25) is 5.88 Å². The first-order valence-corrected chi connectivity index (χ1v) is 7.53. The molecule has 1 N–H and O–H groups in total. The van der Waals surface area contributed by atoms with Crippen LogP contribution in [0.5, 0.6) is 11.6 Å². The van der Waals surface area contributed by atoms with E-state index in [4.69, 9.17) is 4.74 Å². The van der Waals surface area contributed by atoms with E-state index >= 15 is 0 Å². The predicted octanol–water partition coefficient (Wildman–Crippen LogP) is 4.73. The molecule has 112 valence electrons. The molecule has 0 saturated heterocycles. The van der Waals surface area contributed by atoms with Crippen LogP contribution < -0.4 is 10.1 Å². The topological polar surface area (TPSA) is 47.0 Å². The van der Waals surface area contributed by atoms with Gasteiger partial charge in [0.05, 0.1) is 5.56 Å². The Balaban J connectivity index is 2.41. The van der Waals surface area contributed by atoms with Crippen molar-refractivity contribution in [3.63, 3.8) is 0 Å². The molecule has 1 heterocycles. The van der Waals surface area contributed by atoms with Gasteiger partial charge in [-0.2, -0.15) is 0 Å². The van der Waals surface area contributed by atoms with Gasteiger partial charge in [0.25, 0.3) is 0 Å². The molecule has 0 aliphatic rings. The third-order valence-electron chi connectivity index (χ3n) is 2.82. The minimum absolute atomic E-state index is 0.173. The van der Waals surface area contributed by atoms with E-state index in [-0.39, 0.29) is 11.7 Å². The summed E-state index contributed by atoms with van der Waals surface area (Å²) in [7, 11) is 0. The molecule has 0 aliphatic carbocycles. The molecule has 1 aromatic carbocycles. The lowest BCUT2D eigenvalue weighted by molar-refractivity contribution is 0.447. The molecule has 0 saturated carbocycles. The van der Waals surface area contributed by atoms with Crippen molar-refractivity contribution >= 4 is 21.7 Å². The van der Waals surface area contributed by atoms with Crippen LogP contribution in [0.1, 0.15) is 32.3 Å². The number of ether oxygens (including phenoxy) is 1. The highest BCUT2D eigenvalue weighted by Crippen LogP contribution is 2.33. The minimum Gasteiger partial charge on any atom is -0.438 e. The standard InChI is InChI=1S/C15H17BrFN3O/c1-4-18-14-13(9(2)3)15(20-8-19-14)21-12-6-10(16)5-11(17)7-12/h5-9H,4H2,1-3H3,(H,18,19,20). The smallest absolute Gasteiger partial charge is 0.227 e. The SMILES string of the molecule is CCNc1ncnc(Oc2cc(F)cc(Br)c2)c1C(C)C. The van der Waals surface area contributed by atoms with Crippen LogP contribution in [0.4, 0.5) is 10.2 Å². The number of rotatable bonds is 5. The quantitative estimate of drug-likeness (QED) is 0.844. The Bertz CT molecular complexity index is 614. The Morgan fingerprint density at radius 1 is 1.29 bits per heavy atom. The van der Waals surface area contributed by atoms with Crippen LogP contribution in [0.2, 0.25) is 0 Å². The zero-order chi connectivity index (χ0) is 15.4. The van der Waals surface area contributed by atoms with Crippen molar-refractivity contribution in [2.24, 2.45) is 0 Å². The average Bonchev–Trinajstić information content (AvgIpc) is 2.37. The molecule has 0 atom stereocenters. The monoisotopic (exact) mass is 353 g/mol. The molecule has 4 nitrogen and oxygen atoms in total. The van der Waals surface area contributed by atoms with E-state index in [1.54, 1.807) is 6.07 Å². The fraction of sp³-hybridized carbons (Fsp3) is 0.333. The molecule has 0 aliphatic heterocycles. The van der Waals surface area contributed by atoms with Gasteiger partial charge in [-0.1, -0.05) is 29.8 Å². The van der Waals surface area contributed by atoms with Crippen molar-refractivity contribution in [2.45, 2.75) is 26.7 Å². The van der Waals surface area contributed by atoms with Gasteiger partial charge >= 0.3 is 0 Å². The van der Waals surface area contributed by atoms with E-state index < -0.39 is 0 Å². The fourth-order valence-electron chi connectivity index (χ4n) is 1.99. The lowest BCUT2D eigenvalue weighted by atomic mass is 10.1. The third kappa shape index (κ3) is 3.91. The van der Waals surface area contributed by atoms with Crippen LogP contribution in [0.15, 0.2) is 29.0 Å². The molecular formula is C15H17BrFN3O. The summed E-state index contributed by atoms with van der Waals surface area (Å²) in [6.07, 6.45) is 1.44. The first-order valence-electron chi connectivity index (χ1n) is 6.74. The Morgan fingerprint density at radius 2 is 2.05 bits per heavy atom. The number of halogens is 2. The number of nitrogens with one attached hydrogen (secondary N) is 1. The van der Waals surface area contributed by atoms with Crippen LogP contribution >= 0.6 is 15.9 Å². The lowest BCUT2D eigenvalue weighted by Gasteiger charge is -2.16. The minimum atomic E-state index is -0.369. The van der Waals surface area contributed by atoms with Crippen LogP contribution in [0.25, 0.3) is 0 Å². The molecule has 0 radical (unpaired) electrons. The second-order valence-electron chi connectivity index (χ2n) is 4.83. The van der Waals surface area contributed by atoms with Crippen molar-refractivity contribution in [1.29, 1.82) is 0 Å². The molecule has 1 aromatic heterocycles. The van der Waals surface area contributed by atoms with Gasteiger partial charge in [0.15, 0.2) is 0 Å². The Morgan fingerprint density at radius 3 is 2.67 bits per heavy atom. The molecular weight excluding hydrogens is 337 g/mol. The summed E-state index contributed by atoms with van der Waals surface area (Å²) in [4.78, 5) is 8.43. The number of anilines is 1. The Hall–Kier alpha value is -1.69. The summed E-state index contributed by atoms with van der Waals surface area (Å²) >= 11 is 3.25. The number of nitrogens with zero attached hydrogens (tertiary/aromatic N) is 2. The van der Waals surface area contributed by atoms with E-state index in [1.807, 2.05) is 20.8 Å². The van der Waals surface area contributed by atoms with E-state index in [1.165, 1.54) is 18.5 Å². The predicted molar refractivity (Wildman–Crippen MR) is 84.5 cm³/mol. The lowest BCUT2D eigenvalue weighted by Crippen LogP contribution is -2.07. The molecule has 2 rings (SSSR count). The Kier molecular flexibility index (Phi) is 5.12. The van der Waals surface area contributed by atoms with E-state index in [9.17, 15) is 4.39 Å². The summed E-state index contributed by atoms with van der Waals surface area (Å²) in [5.41, 5.74) is 0.875. The molecule has 6 heteroatoms. The number of hydrogen-bond acceptors (Lipinski definition) is 4. The largest absolute Gasteiger partial charge is 0.438 e. The van der Waals surface area contributed by atoms with Gasteiger partial charge in [-0.25, -0.2) is 14.4 Å². The zero-order valence-corrected chi connectivity index (χ0v) is 13.7. The normalized spacial score (nSPS) is 10.8. The second kappa shape index (κ2) is 6.85. The number of benzene rings is 1. The Labute approximate surface area is 131 Å². The first kappa shape index (κ1) is 15.7. The van der Waals surface area contributed by atoms with E-state index in [0.717, 1.165) is 17.9 Å². The summed E-state index contributed by atoms with van der Waals surface area (Å²) in [5, 5.41) is 3.19. The first-order chi connectivity index (χ1) is 10.0. The molecule has 2 aromatic rings. The highest BCUT2D eigenvalue weighted by molar-refractivity contribution is 9.10. The molecule has 0 bridgehead atoms. The van der Waals surface area contributed by atoms with Crippen molar-refractivity contribution in [3.8, 4) is 11.6 Å². The van der Waals surface area contributed by atoms with Crippen molar-refractivity contribution in [2.75, 3.05) is 11.9 Å². The molecule has 0 fully saturated rings. The van der Waals surface area contributed by atoms with Crippen LogP contribution in [-0.4, -0.2) is 16.5 Å². The van der Waals surface area contributed by atoms with Crippen LogP contribution in [-0.2, 0) is 0 Å². The second-order valence-corrected chi connectivity index (χ2v) is 5.75. The van der Waals surface area contributed by atoms with Crippen molar-refractivity contribution < 1.29 is 9.13 Å². The summed E-state index contributed by atoms with van der Waals surface area (Å²) in [6, 6.07) is 4.40. The van der Waals surface area contributed by atoms with E-state index in [2.05, 4.69) is 31.2 Å². The van der Waals surface area contributed by atoms with Gasteiger partial charge < -0.3 is 10.1 Å². The maximum absolute atomic E-state index is 13.4. The molecule has 0 spiro atoms. The molecule has 0 unspecified atom stereocenters. The zero-order valence-electron chi connectivity index (χ0n) is 12.2. The van der Waals surface area contributed by atoms with Gasteiger partial charge in [0.1, 0.15) is 23.7 Å². The third-order valence-corrected chi connectivity index (χ3v) is 3.28. The van der Waals surface area contributed by atoms with Crippen LogP contribution in [0.3, 0.4) is 0 Å². The fourth-order valence-corrected chi connectivity index (χ4v) is 2.43. The number of aromatic nitrogens is 2. The summed E-state index contributed by atoms with van der Waals surface area (Å²) in [6.45, 7) is 6.82. The van der Waals surface area contributed by atoms with Gasteiger partial charge in [-0.3, -0.25) is 0 Å². The summed E-state index contributed by atoms with van der Waals surface area (Å²) < 4.78 is 19.8. The molecule has 21 heavy (non-hydrogen) atoms. The van der Waals surface area contributed by atoms with Crippen molar-refractivity contribution in [3.05, 3.63) is 40.4 Å². The maximum atomic E-state index is 13.4. The number of hydrogen-bond donors (Lipinski definition) is 1. The van der Waals surface area contributed by atoms with E-state index in [0.29, 0.717) is 16.1 Å². The summed E-state index contributed by atoms with van der Waals surface area (Å²) in [5.74, 6) is 1.38.